The van der Waals surface area contributed by atoms with Gasteiger partial charge in [-0.05, 0) is 44.2 Å². The van der Waals surface area contributed by atoms with E-state index in [1.807, 2.05) is 31.2 Å². The van der Waals surface area contributed by atoms with E-state index in [-0.39, 0.29) is 21.6 Å². The fraction of sp³-hybridized carbons (Fsp3) is 0.333. The molecule has 202 valence electrons. The van der Waals surface area contributed by atoms with Crippen LogP contribution in [-0.2, 0) is 4.74 Å². The highest BCUT2D eigenvalue weighted by Crippen LogP contribution is 2.42. The molecule has 39 heavy (non-hydrogen) atoms. The molecular weight excluding hydrogens is 546 g/mol. The number of pyridine rings is 2. The fourth-order valence-electron chi connectivity index (χ4n) is 5.32. The smallest absolute Gasteiger partial charge is 0.409 e. The third-order valence-corrected chi connectivity index (χ3v) is 7.86. The first-order valence-electron chi connectivity index (χ1n) is 12.5. The number of H-pyrrole nitrogens is 1. The van der Waals surface area contributed by atoms with Gasteiger partial charge in [0.2, 0.25) is 5.95 Å². The molecule has 1 N–H and O–H groups in total. The molecule has 2 aliphatic rings. The Morgan fingerprint density at radius 3 is 2.67 bits per heavy atom. The molecular formula is C27H25Cl2FN6O3. The molecule has 5 heterocycles. The van der Waals surface area contributed by atoms with Gasteiger partial charge in [0.25, 0.3) is 0 Å². The Kier molecular flexibility index (Phi) is 6.47. The van der Waals surface area contributed by atoms with Gasteiger partial charge in [-0.1, -0.05) is 23.2 Å². The van der Waals surface area contributed by atoms with E-state index in [1.165, 1.54) is 6.20 Å². The Bertz CT molecular complexity index is 1550. The first-order valence-corrected chi connectivity index (χ1v) is 13.3. The molecule has 2 aliphatic heterocycles. The third kappa shape index (κ3) is 4.61. The summed E-state index contributed by atoms with van der Waals surface area (Å²) in [5.41, 5.74) is 2.89. The van der Waals surface area contributed by atoms with Crippen molar-refractivity contribution >= 4 is 46.0 Å². The highest BCUT2D eigenvalue weighted by molar-refractivity contribution is 6.35. The number of nitrogens with zero attached hydrogens (tertiary/aromatic N) is 5. The lowest BCUT2D eigenvalue weighted by molar-refractivity contribution is -0.0196. The van der Waals surface area contributed by atoms with Crippen molar-refractivity contribution < 1.29 is 18.7 Å². The lowest BCUT2D eigenvalue weighted by Gasteiger charge is -2.59. The number of amides is 1. The largest absolute Gasteiger partial charge is 0.486 e. The van der Waals surface area contributed by atoms with E-state index >= 15 is 0 Å². The summed E-state index contributed by atoms with van der Waals surface area (Å²) in [7, 11) is 0. The number of ether oxygens (including phenoxy) is 2. The number of carbonyl (C=O) groups excluding carboxylic acids is 1. The summed E-state index contributed by atoms with van der Waals surface area (Å²) in [5, 5.41) is 8.46. The van der Waals surface area contributed by atoms with Crippen LogP contribution in [0.5, 0.6) is 5.75 Å². The van der Waals surface area contributed by atoms with Gasteiger partial charge in [-0.3, -0.25) is 5.10 Å². The zero-order valence-electron chi connectivity index (χ0n) is 21.2. The summed E-state index contributed by atoms with van der Waals surface area (Å²) in [6.45, 7) is 7.10. The van der Waals surface area contributed by atoms with Crippen LogP contribution in [0.3, 0.4) is 0 Å². The second-order valence-electron chi connectivity index (χ2n) is 9.98. The molecule has 0 unspecified atom stereocenters. The van der Waals surface area contributed by atoms with Crippen LogP contribution in [0.15, 0.2) is 42.7 Å². The van der Waals surface area contributed by atoms with Crippen molar-refractivity contribution in [3.63, 3.8) is 0 Å². The summed E-state index contributed by atoms with van der Waals surface area (Å²) < 4.78 is 25.0. The van der Waals surface area contributed by atoms with Crippen LogP contribution in [0.25, 0.3) is 22.2 Å². The molecule has 1 amide bonds. The number of halogens is 3. The number of aromatic nitrogens is 4. The standard InChI is InChI=1S/C27H25Cl2FN6O3/c1-3-38-26(37)36-13-27(14-36)11-35(12-27)21-7-4-16(9-31-21)24-18-8-17(5-6-20(18)33-34-24)39-15(2)22-19(28)10-32-25(30)23(22)29/h4-10,15H,3,11-14H2,1-2H3,(H,33,34)/t15-/m1/s1. The summed E-state index contributed by atoms with van der Waals surface area (Å²) in [6, 6.07) is 9.50. The molecule has 9 nitrogen and oxygen atoms in total. The van der Waals surface area contributed by atoms with E-state index < -0.39 is 12.1 Å². The van der Waals surface area contributed by atoms with Crippen LogP contribution in [0, 0.1) is 11.4 Å². The van der Waals surface area contributed by atoms with Gasteiger partial charge in [0.15, 0.2) is 0 Å². The van der Waals surface area contributed by atoms with Gasteiger partial charge in [-0.25, -0.2) is 14.8 Å². The molecule has 0 saturated carbocycles. The van der Waals surface area contributed by atoms with Crippen molar-refractivity contribution in [3.05, 3.63) is 64.3 Å². The Labute approximate surface area is 233 Å². The number of hydrogen-bond donors (Lipinski definition) is 1. The van der Waals surface area contributed by atoms with Gasteiger partial charge in [0.1, 0.15) is 28.4 Å². The monoisotopic (exact) mass is 570 g/mol. The zero-order chi connectivity index (χ0) is 27.3. The Morgan fingerprint density at radius 2 is 1.95 bits per heavy atom. The highest BCUT2D eigenvalue weighted by atomic mass is 35.5. The molecule has 0 aliphatic carbocycles. The summed E-state index contributed by atoms with van der Waals surface area (Å²) >= 11 is 12.3. The summed E-state index contributed by atoms with van der Waals surface area (Å²) in [5.74, 6) is 0.638. The predicted octanol–water partition coefficient (Wildman–Crippen LogP) is 5.88. The normalized spacial score (nSPS) is 16.6. The molecule has 4 aromatic rings. The minimum Gasteiger partial charge on any atom is -0.486 e. The van der Waals surface area contributed by atoms with Crippen LogP contribution < -0.4 is 9.64 Å². The van der Waals surface area contributed by atoms with Crippen molar-refractivity contribution in [2.24, 2.45) is 5.41 Å². The van der Waals surface area contributed by atoms with Crippen molar-refractivity contribution in [3.8, 4) is 17.0 Å². The van der Waals surface area contributed by atoms with E-state index in [9.17, 15) is 9.18 Å². The quantitative estimate of drug-likeness (QED) is 0.289. The lowest BCUT2D eigenvalue weighted by Crippen LogP contribution is -2.73. The first kappa shape index (κ1) is 25.6. The minimum atomic E-state index is -0.797. The number of fused-ring (bicyclic) bond motifs is 1. The second-order valence-corrected chi connectivity index (χ2v) is 10.8. The van der Waals surface area contributed by atoms with Gasteiger partial charge in [-0.2, -0.15) is 9.49 Å². The van der Waals surface area contributed by atoms with Gasteiger partial charge in [-0.15, -0.1) is 0 Å². The lowest BCUT2D eigenvalue weighted by atomic mass is 9.73. The molecule has 2 saturated heterocycles. The predicted molar refractivity (Wildman–Crippen MR) is 146 cm³/mol. The topological polar surface area (TPSA) is 96.5 Å². The Hall–Kier alpha value is -3.63. The molecule has 12 heteroatoms. The number of nitrogens with one attached hydrogen (secondary N) is 1. The zero-order valence-corrected chi connectivity index (χ0v) is 22.8. The second kappa shape index (κ2) is 9.84. The molecule has 0 bridgehead atoms. The maximum Gasteiger partial charge on any atom is 0.409 e. The average molecular weight is 571 g/mol. The van der Waals surface area contributed by atoms with Gasteiger partial charge >= 0.3 is 6.09 Å². The van der Waals surface area contributed by atoms with Crippen molar-refractivity contribution in [1.82, 2.24) is 25.1 Å². The van der Waals surface area contributed by atoms with Gasteiger partial charge in [0, 0.05) is 60.5 Å². The van der Waals surface area contributed by atoms with E-state index in [4.69, 9.17) is 32.7 Å². The maximum absolute atomic E-state index is 13.9. The maximum atomic E-state index is 13.9. The van der Waals surface area contributed by atoms with Crippen molar-refractivity contribution in [2.75, 3.05) is 37.7 Å². The van der Waals surface area contributed by atoms with Crippen LogP contribution in [0.1, 0.15) is 25.5 Å². The molecule has 1 atom stereocenters. The van der Waals surface area contributed by atoms with Gasteiger partial charge < -0.3 is 19.3 Å². The number of anilines is 1. The Balaban J connectivity index is 1.15. The first-order chi connectivity index (χ1) is 18.8. The third-order valence-electron chi connectivity index (χ3n) is 7.20. The number of benzene rings is 1. The van der Waals surface area contributed by atoms with Crippen LogP contribution in [0.2, 0.25) is 10.0 Å². The van der Waals surface area contributed by atoms with Crippen LogP contribution in [0.4, 0.5) is 15.0 Å². The van der Waals surface area contributed by atoms with E-state index in [1.54, 1.807) is 24.1 Å². The van der Waals surface area contributed by atoms with E-state index in [2.05, 4.69) is 25.1 Å². The Morgan fingerprint density at radius 1 is 1.15 bits per heavy atom. The van der Waals surface area contributed by atoms with Gasteiger partial charge in [0.05, 0.1) is 17.1 Å². The minimum absolute atomic E-state index is 0.134. The molecule has 0 radical (unpaired) electrons. The number of likely N-dealkylation sites (tertiary alicyclic amines) is 1. The molecule has 1 aromatic carbocycles. The van der Waals surface area contributed by atoms with Crippen LogP contribution >= 0.6 is 23.2 Å². The molecule has 2 fully saturated rings. The SMILES string of the molecule is CCOC(=O)N1CC2(C1)CN(c1ccc(-c3n[nH]c4ccc(O[C@H](C)c5c(Cl)cnc(F)c5Cl)cc34)cn1)C2. The number of hydrogen-bond acceptors (Lipinski definition) is 7. The summed E-state index contributed by atoms with van der Waals surface area (Å²) in [4.78, 5) is 24.0. The molecule has 1 spiro atoms. The van der Waals surface area contributed by atoms with E-state index in [0.29, 0.717) is 17.9 Å². The highest BCUT2D eigenvalue weighted by Gasteiger charge is 2.54. The molecule has 3 aromatic heterocycles. The molecule has 6 rings (SSSR count). The van der Waals surface area contributed by atoms with Crippen LogP contribution in [-0.4, -0.2) is 63.9 Å². The number of aromatic amines is 1. The van der Waals surface area contributed by atoms with E-state index in [0.717, 1.165) is 54.2 Å². The summed E-state index contributed by atoms with van der Waals surface area (Å²) in [6.07, 6.45) is 2.17. The average Bonchev–Trinajstić information content (AvgIpc) is 3.29. The van der Waals surface area contributed by atoms with Crippen molar-refractivity contribution in [1.29, 1.82) is 0 Å². The van der Waals surface area contributed by atoms with Crippen molar-refractivity contribution in [2.45, 2.75) is 20.0 Å². The fourth-order valence-corrected chi connectivity index (χ4v) is 5.97. The number of rotatable bonds is 6. The number of carbonyl (C=O) groups is 1.